The molecule has 32 heavy (non-hydrogen) atoms. The predicted molar refractivity (Wildman–Crippen MR) is 134 cm³/mol. The van der Waals surface area contributed by atoms with Crippen molar-refractivity contribution in [3.63, 3.8) is 0 Å². The van der Waals surface area contributed by atoms with E-state index in [1.165, 1.54) is 37.7 Å². The van der Waals surface area contributed by atoms with Crippen LogP contribution in [0.3, 0.4) is 0 Å². The van der Waals surface area contributed by atoms with E-state index < -0.39 is 5.54 Å². The van der Waals surface area contributed by atoms with Crippen LogP contribution in [0.1, 0.15) is 63.9 Å². The van der Waals surface area contributed by atoms with Crippen molar-refractivity contribution < 1.29 is 9.59 Å². The lowest BCUT2D eigenvalue weighted by atomic mass is 9.81. The number of nitrogens with one attached hydrogen (secondary N) is 1. The van der Waals surface area contributed by atoms with Gasteiger partial charge in [-0.1, -0.05) is 50.1 Å². The lowest BCUT2D eigenvalue weighted by Crippen LogP contribution is -2.73. The molecule has 2 fully saturated rings. The van der Waals surface area contributed by atoms with Crippen LogP contribution in [-0.4, -0.2) is 71.4 Å². The number of hydrogen-bond donors (Lipinski definition) is 1. The molecular formula is C26H41N3O2S. The highest BCUT2D eigenvalue weighted by molar-refractivity contribution is 7.98. The highest BCUT2D eigenvalue weighted by atomic mass is 32.2. The second-order valence-electron chi connectivity index (χ2n) is 9.32. The number of nitrogens with zero attached hydrogens (tertiary/aromatic N) is 2. The number of thioether (sulfide) groups is 1. The number of unbranched alkanes of at least 4 members (excludes halogenated alkanes) is 3. The summed E-state index contributed by atoms with van der Waals surface area (Å²) in [7, 11) is 0. The Morgan fingerprint density at radius 3 is 2.44 bits per heavy atom. The molecule has 3 rings (SSSR count). The molecule has 2 aliphatic rings. The number of benzene rings is 1. The number of piperidine rings is 1. The molecule has 0 aliphatic carbocycles. The topological polar surface area (TPSA) is 52.7 Å². The minimum atomic E-state index is -0.630. The van der Waals surface area contributed by atoms with E-state index in [0.717, 1.165) is 51.1 Å². The van der Waals surface area contributed by atoms with E-state index in [0.29, 0.717) is 6.54 Å². The molecule has 1 spiro atoms. The zero-order valence-corrected chi connectivity index (χ0v) is 20.8. The van der Waals surface area contributed by atoms with Gasteiger partial charge in [0.25, 0.3) is 0 Å². The van der Waals surface area contributed by atoms with Gasteiger partial charge in [-0.05, 0) is 69.1 Å². The number of aryl methyl sites for hydroxylation is 1. The van der Waals surface area contributed by atoms with Crippen LogP contribution in [0.2, 0.25) is 0 Å². The van der Waals surface area contributed by atoms with Gasteiger partial charge >= 0.3 is 0 Å². The molecule has 2 saturated heterocycles. The molecule has 6 heteroatoms. The summed E-state index contributed by atoms with van der Waals surface area (Å²) in [6.07, 6.45) is 11.3. The molecule has 0 unspecified atom stereocenters. The number of amides is 2. The standard InChI is InChI=1S/C26H41N3O2S/c1-3-17-29-24(30)23(14-21-32-2)27-25(31)26(29)15-19-28(20-16-26)18-10-5-4-7-11-22-12-8-6-9-13-22/h6,8-9,12-13,23H,3-5,7,10-11,14-21H2,1-2H3,(H,27,31)/t23-/m0/s1. The van der Waals surface area contributed by atoms with Crippen molar-refractivity contribution in [2.45, 2.75) is 76.3 Å². The van der Waals surface area contributed by atoms with Crippen LogP contribution in [0.25, 0.3) is 0 Å². The summed E-state index contributed by atoms with van der Waals surface area (Å²) in [5, 5.41) is 3.08. The maximum absolute atomic E-state index is 13.2. The van der Waals surface area contributed by atoms with Crippen LogP contribution in [0.4, 0.5) is 0 Å². The zero-order chi connectivity index (χ0) is 22.8. The van der Waals surface area contributed by atoms with Crippen molar-refractivity contribution in [3.8, 4) is 0 Å². The van der Waals surface area contributed by atoms with E-state index in [1.807, 2.05) is 11.2 Å². The van der Waals surface area contributed by atoms with Crippen molar-refractivity contribution in [3.05, 3.63) is 35.9 Å². The van der Waals surface area contributed by atoms with Crippen molar-refractivity contribution in [2.75, 3.05) is 38.2 Å². The smallest absolute Gasteiger partial charge is 0.246 e. The number of hydrogen-bond acceptors (Lipinski definition) is 4. The second-order valence-corrected chi connectivity index (χ2v) is 10.3. The van der Waals surface area contributed by atoms with Gasteiger partial charge in [0.15, 0.2) is 0 Å². The van der Waals surface area contributed by atoms with Gasteiger partial charge in [0.2, 0.25) is 11.8 Å². The average molecular weight is 460 g/mol. The van der Waals surface area contributed by atoms with Gasteiger partial charge in [-0.2, -0.15) is 11.8 Å². The molecule has 178 valence electrons. The first-order chi connectivity index (χ1) is 15.6. The lowest BCUT2D eigenvalue weighted by Gasteiger charge is -2.51. The molecular weight excluding hydrogens is 418 g/mol. The number of piperazine rings is 1. The Labute approximate surface area is 198 Å². The number of rotatable bonds is 12. The maximum atomic E-state index is 13.2. The fourth-order valence-electron chi connectivity index (χ4n) is 5.16. The van der Waals surface area contributed by atoms with Gasteiger partial charge in [-0.15, -0.1) is 0 Å². The van der Waals surface area contributed by atoms with Gasteiger partial charge in [0, 0.05) is 19.6 Å². The van der Waals surface area contributed by atoms with Gasteiger partial charge in [-0.3, -0.25) is 9.59 Å². The first-order valence-electron chi connectivity index (χ1n) is 12.5. The van der Waals surface area contributed by atoms with E-state index in [2.05, 4.69) is 47.5 Å². The average Bonchev–Trinajstić information content (AvgIpc) is 2.82. The van der Waals surface area contributed by atoms with Crippen LogP contribution in [0, 0.1) is 0 Å². The van der Waals surface area contributed by atoms with Crippen LogP contribution < -0.4 is 5.32 Å². The molecule has 0 radical (unpaired) electrons. The molecule has 1 aromatic carbocycles. The van der Waals surface area contributed by atoms with E-state index in [1.54, 1.807) is 11.8 Å². The van der Waals surface area contributed by atoms with Crippen molar-refractivity contribution >= 4 is 23.6 Å². The highest BCUT2D eigenvalue weighted by Crippen LogP contribution is 2.34. The fraction of sp³-hybridized carbons (Fsp3) is 0.692. The molecule has 2 amide bonds. The summed E-state index contributed by atoms with van der Waals surface area (Å²) in [4.78, 5) is 30.8. The Hall–Kier alpha value is -1.53. The minimum absolute atomic E-state index is 0.0808. The third-order valence-corrected chi connectivity index (χ3v) is 7.73. The lowest BCUT2D eigenvalue weighted by molar-refractivity contribution is -0.161. The van der Waals surface area contributed by atoms with Crippen molar-refractivity contribution in [2.24, 2.45) is 0 Å². The van der Waals surface area contributed by atoms with Crippen molar-refractivity contribution in [1.82, 2.24) is 15.1 Å². The van der Waals surface area contributed by atoms with Gasteiger partial charge in [0.05, 0.1) is 0 Å². The van der Waals surface area contributed by atoms with Gasteiger partial charge in [0.1, 0.15) is 11.6 Å². The third-order valence-electron chi connectivity index (χ3n) is 7.08. The maximum Gasteiger partial charge on any atom is 0.246 e. The summed E-state index contributed by atoms with van der Waals surface area (Å²) in [5.74, 6) is 1.10. The molecule has 1 atom stereocenters. The molecule has 1 N–H and O–H groups in total. The molecule has 2 aliphatic heterocycles. The van der Waals surface area contributed by atoms with E-state index in [4.69, 9.17) is 0 Å². The minimum Gasteiger partial charge on any atom is -0.342 e. The quantitative estimate of drug-likeness (QED) is 0.478. The van der Waals surface area contributed by atoms with Crippen LogP contribution in [-0.2, 0) is 16.0 Å². The second kappa shape index (κ2) is 12.6. The molecule has 0 saturated carbocycles. The summed E-state index contributed by atoms with van der Waals surface area (Å²) in [6, 6.07) is 10.4. The highest BCUT2D eigenvalue weighted by Gasteiger charge is 2.52. The molecule has 5 nitrogen and oxygen atoms in total. The number of carbonyl (C=O) groups excluding carboxylic acids is 2. The van der Waals surface area contributed by atoms with E-state index >= 15 is 0 Å². The summed E-state index contributed by atoms with van der Waals surface area (Å²) < 4.78 is 0. The monoisotopic (exact) mass is 459 g/mol. The van der Waals surface area contributed by atoms with Crippen LogP contribution in [0.5, 0.6) is 0 Å². The molecule has 2 heterocycles. The fourth-order valence-corrected chi connectivity index (χ4v) is 5.63. The SMILES string of the molecule is CCCN1C(=O)[C@H](CCSC)NC(=O)C12CCN(CCCCCCc1ccccc1)CC2. The first kappa shape index (κ1) is 25.1. The normalized spacial score (nSPS) is 21.2. The Morgan fingerprint density at radius 1 is 1.03 bits per heavy atom. The van der Waals surface area contributed by atoms with Gasteiger partial charge < -0.3 is 15.1 Å². The zero-order valence-electron chi connectivity index (χ0n) is 20.0. The third kappa shape index (κ3) is 6.28. The first-order valence-corrected chi connectivity index (χ1v) is 13.9. The van der Waals surface area contributed by atoms with Crippen LogP contribution in [0.15, 0.2) is 30.3 Å². The Bertz CT molecular complexity index is 719. The van der Waals surface area contributed by atoms with Crippen LogP contribution >= 0.6 is 11.8 Å². The molecule has 1 aromatic rings. The van der Waals surface area contributed by atoms with Gasteiger partial charge in [-0.25, -0.2) is 0 Å². The summed E-state index contributed by atoms with van der Waals surface area (Å²) in [6.45, 7) is 5.68. The van der Waals surface area contributed by atoms with E-state index in [-0.39, 0.29) is 17.9 Å². The van der Waals surface area contributed by atoms with E-state index in [9.17, 15) is 9.59 Å². The largest absolute Gasteiger partial charge is 0.342 e. The summed E-state index contributed by atoms with van der Waals surface area (Å²) in [5.41, 5.74) is 0.802. The Kier molecular flexibility index (Phi) is 9.92. The number of carbonyl (C=O) groups is 2. The Balaban J connectivity index is 1.43. The van der Waals surface area contributed by atoms with Crippen molar-refractivity contribution in [1.29, 1.82) is 0 Å². The Morgan fingerprint density at radius 2 is 1.75 bits per heavy atom. The predicted octanol–water partition coefficient (Wildman–Crippen LogP) is 4.11. The molecule has 0 bridgehead atoms. The molecule has 0 aromatic heterocycles. The number of likely N-dealkylation sites (tertiary alicyclic amines) is 1. The summed E-state index contributed by atoms with van der Waals surface area (Å²) >= 11 is 1.72.